The molecule has 0 aliphatic carbocycles. The first-order valence-corrected chi connectivity index (χ1v) is 12.2. The Kier molecular flexibility index (Phi) is 8.57. The first kappa shape index (κ1) is 28.3. The minimum absolute atomic E-state index is 0.0785. The number of nitrogens with zero attached hydrogens (tertiary/aromatic N) is 2. The average Bonchev–Trinajstić information content (AvgIpc) is 2.95. The molecule has 0 saturated carbocycles. The van der Waals surface area contributed by atoms with Crippen LogP contribution in [0, 0.1) is 10.1 Å². The third-order valence-electron chi connectivity index (χ3n) is 5.72. The molecule has 0 atom stereocenters. The van der Waals surface area contributed by atoms with Crippen LogP contribution >= 0.6 is 0 Å². The van der Waals surface area contributed by atoms with E-state index in [4.69, 9.17) is 14.2 Å². The van der Waals surface area contributed by atoms with Gasteiger partial charge in [-0.1, -0.05) is 24.3 Å². The molecule has 210 valence electrons. The number of hydrogen-bond acceptors (Lipinski definition) is 9. The van der Waals surface area contributed by atoms with Crippen LogP contribution in [0.5, 0.6) is 17.2 Å². The first-order chi connectivity index (χ1) is 19.7. The second-order valence-corrected chi connectivity index (χ2v) is 8.41. The van der Waals surface area contributed by atoms with Gasteiger partial charge in [0.2, 0.25) is 0 Å². The zero-order valence-corrected chi connectivity index (χ0v) is 21.9. The molecule has 0 bridgehead atoms. The number of non-ortho nitro benzene ring substituents is 1. The number of nitro groups is 1. The zero-order valence-electron chi connectivity index (χ0n) is 21.9. The van der Waals surface area contributed by atoms with Crippen LogP contribution in [0.15, 0.2) is 72.3 Å². The quantitative estimate of drug-likeness (QED) is 0.163. The van der Waals surface area contributed by atoms with Gasteiger partial charge in [-0.15, -0.1) is 0 Å². The van der Waals surface area contributed by atoms with Gasteiger partial charge in [0.05, 0.1) is 30.0 Å². The summed E-state index contributed by atoms with van der Waals surface area (Å²) >= 11 is 0. The Labute approximate surface area is 233 Å². The van der Waals surface area contributed by atoms with E-state index in [9.17, 15) is 29.3 Å². The fraction of sp³-hybridized carbons (Fsp3) is 0.143. The van der Waals surface area contributed by atoms with Gasteiger partial charge in [-0.3, -0.25) is 29.8 Å². The van der Waals surface area contributed by atoms with Crippen LogP contribution in [0.1, 0.15) is 12.5 Å². The molecule has 4 rings (SSSR count). The van der Waals surface area contributed by atoms with E-state index in [1.807, 2.05) is 0 Å². The lowest BCUT2D eigenvalue weighted by atomic mass is 10.1. The number of anilines is 2. The fourth-order valence-electron chi connectivity index (χ4n) is 3.88. The van der Waals surface area contributed by atoms with E-state index < -0.39 is 28.7 Å². The maximum Gasteiger partial charge on any atom is 0.335 e. The molecule has 1 aliphatic rings. The molecule has 1 fully saturated rings. The smallest absolute Gasteiger partial charge is 0.335 e. The number of amides is 5. The number of benzene rings is 3. The molecule has 1 aliphatic heterocycles. The van der Waals surface area contributed by atoms with Gasteiger partial charge in [0.25, 0.3) is 23.4 Å². The third kappa shape index (κ3) is 6.47. The lowest BCUT2D eigenvalue weighted by Gasteiger charge is -2.26. The molecule has 0 radical (unpaired) electrons. The highest BCUT2D eigenvalue weighted by molar-refractivity contribution is 6.39. The molecule has 13 heteroatoms. The maximum atomic E-state index is 13.2. The van der Waals surface area contributed by atoms with Gasteiger partial charge in [0.15, 0.2) is 18.1 Å². The maximum absolute atomic E-state index is 13.2. The van der Waals surface area contributed by atoms with Crippen molar-refractivity contribution in [2.45, 2.75) is 6.92 Å². The lowest BCUT2D eigenvalue weighted by molar-refractivity contribution is -0.384. The van der Waals surface area contributed by atoms with Crippen molar-refractivity contribution >= 4 is 46.9 Å². The molecule has 1 heterocycles. The van der Waals surface area contributed by atoms with Crippen LogP contribution in [0.4, 0.5) is 21.9 Å². The summed E-state index contributed by atoms with van der Waals surface area (Å²) in [6, 6.07) is 15.3. The van der Waals surface area contributed by atoms with Crippen molar-refractivity contribution in [3.05, 3.63) is 88.0 Å². The molecule has 5 amide bonds. The predicted molar refractivity (Wildman–Crippen MR) is 147 cm³/mol. The molecule has 2 N–H and O–H groups in total. The number of ether oxygens (including phenoxy) is 3. The fourth-order valence-corrected chi connectivity index (χ4v) is 3.88. The summed E-state index contributed by atoms with van der Waals surface area (Å²) in [5.74, 6) is -1.39. The summed E-state index contributed by atoms with van der Waals surface area (Å²) < 4.78 is 16.5. The Morgan fingerprint density at radius 1 is 1.00 bits per heavy atom. The number of methoxy groups -OCH3 is 1. The van der Waals surface area contributed by atoms with Gasteiger partial charge >= 0.3 is 6.03 Å². The van der Waals surface area contributed by atoms with E-state index >= 15 is 0 Å². The van der Waals surface area contributed by atoms with Crippen molar-refractivity contribution < 1.29 is 38.3 Å². The van der Waals surface area contributed by atoms with Crippen molar-refractivity contribution in [1.29, 1.82) is 0 Å². The van der Waals surface area contributed by atoms with E-state index in [2.05, 4.69) is 10.6 Å². The molecule has 3 aromatic carbocycles. The number of imide groups is 2. The molecule has 41 heavy (non-hydrogen) atoms. The number of nitro benzene ring substituents is 1. The van der Waals surface area contributed by atoms with Crippen LogP contribution in [0.3, 0.4) is 0 Å². The molecule has 0 unspecified atom stereocenters. The standard InChI is InChI=1S/C28H24N4O9/c1-3-40-24-14-17(11-12-23(24)41-16-25(33)29-21-9-4-5-10-22(21)39-2)13-20-26(34)30-28(36)31(27(20)35)18-7-6-8-19(15-18)32(37)38/h4-15H,3,16H2,1-2H3,(H,29,33)(H,30,34,36)/b20-13-. The van der Waals surface area contributed by atoms with E-state index in [1.165, 1.54) is 49.6 Å². The van der Waals surface area contributed by atoms with E-state index in [0.717, 1.165) is 6.07 Å². The summed E-state index contributed by atoms with van der Waals surface area (Å²) in [7, 11) is 1.49. The number of carbonyl (C=O) groups excluding carboxylic acids is 4. The molecule has 1 saturated heterocycles. The number of para-hydroxylation sites is 2. The van der Waals surface area contributed by atoms with Crippen LogP contribution in [-0.2, 0) is 14.4 Å². The number of hydrogen-bond donors (Lipinski definition) is 2. The predicted octanol–water partition coefficient (Wildman–Crippen LogP) is 3.69. The van der Waals surface area contributed by atoms with Gasteiger partial charge in [-0.05, 0) is 48.9 Å². The van der Waals surface area contributed by atoms with Crippen molar-refractivity contribution in [3.63, 3.8) is 0 Å². The monoisotopic (exact) mass is 560 g/mol. The van der Waals surface area contributed by atoms with E-state index in [0.29, 0.717) is 21.9 Å². The summed E-state index contributed by atoms with van der Waals surface area (Å²) in [6.45, 7) is 1.64. The van der Waals surface area contributed by atoms with Gasteiger partial charge in [-0.25, -0.2) is 9.69 Å². The van der Waals surface area contributed by atoms with Crippen molar-refractivity contribution in [3.8, 4) is 17.2 Å². The highest BCUT2D eigenvalue weighted by Gasteiger charge is 2.37. The van der Waals surface area contributed by atoms with Crippen molar-refractivity contribution in [1.82, 2.24) is 5.32 Å². The second-order valence-electron chi connectivity index (χ2n) is 8.41. The molecular weight excluding hydrogens is 536 g/mol. The third-order valence-corrected chi connectivity index (χ3v) is 5.72. The Morgan fingerprint density at radius 3 is 2.51 bits per heavy atom. The van der Waals surface area contributed by atoms with Crippen molar-refractivity contribution in [2.75, 3.05) is 30.5 Å². The Morgan fingerprint density at radius 2 is 1.78 bits per heavy atom. The SMILES string of the molecule is CCOc1cc(/C=C2/C(=O)NC(=O)N(c3cccc([N+](=O)[O-])c3)C2=O)ccc1OCC(=O)Nc1ccccc1OC. The Hall–Kier alpha value is -5.72. The first-order valence-electron chi connectivity index (χ1n) is 12.2. The van der Waals surface area contributed by atoms with Crippen LogP contribution < -0.4 is 29.7 Å². The molecular formula is C28H24N4O9. The van der Waals surface area contributed by atoms with Crippen LogP contribution in [0.25, 0.3) is 6.08 Å². The highest BCUT2D eigenvalue weighted by Crippen LogP contribution is 2.31. The molecule has 0 spiro atoms. The van der Waals surface area contributed by atoms with Gasteiger partial charge in [-0.2, -0.15) is 0 Å². The minimum Gasteiger partial charge on any atom is -0.495 e. The topological polar surface area (TPSA) is 166 Å². The second kappa shape index (κ2) is 12.4. The number of barbiturate groups is 1. The molecule has 0 aromatic heterocycles. The van der Waals surface area contributed by atoms with Crippen molar-refractivity contribution in [2.24, 2.45) is 0 Å². The normalized spacial score (nSPS) is 14.0. The van der Waals surface area contributed by atoms with Crippen LogP contribution in [0.2, 0.25) is 0 Å². The summed E-state index contributed by atoms with van der Waals surface area (Å²) in [6.07, 6.45) is 1.25. The summed E-state index contributed by atoms with van der Waals surface area (Å²) in [4.78, 5) is 61.8. The van der Waals surface area contributed by atoms with E-state index in [1.54, 1.807) is 31.2 Å². The van der Waals surface area contributed by atoms with E-state index in [-0.39, 0.29) is 41.7 Å². The number of rotatable bonds is 10. The molecule has 3 aromatic rings. The number of urea groups is 1. The van der Waals surface area contributed by atoms with Gasteiger partial charge in [0.1, 0.15) is 11.3 Å². The lowest BCUT2D eigenvalue weighted by Crippen LogP contribution is -2.54. The average molecular weight is 561 g/mol. The largest absolute Gasteiger partial charge is 0.495 e. The minimum atomic E-state index is -1.04. The number of carbonyl (C=O) groups is 4. The van der Waals surface area contributed by atoms with Gasteiger partial charge < -0.3 is 19.5 Å². The zero-order chi connectivity index (χ0) is 29.5. The van der Waals surface area contributed by atoms with Crippen LogP contribution in [-0.4, -0.2) is 49.0 Å². The highest BCUT2D eigenvalue weighted by atomic mass is 16.6. The summed E-state index contributed by atoms with van der Waals surface area (Å²) in [5, 5.41) is 15.9. The number of nitrogens with one attached hydrogen (secondary N) is 2. The van der Waals surface area contributed by atoms with Gasteiger partial charge in [0, 0.05) is 12.1 Å². The Bertz CT molecular complexity index is 1570. The Balaban J connectivity index is 1.55. The summed E-state index contributed by atoms with van der Waals surface area (Å²) in [5.41, 5.74) is 0.0301. The molecule has 13 nitrogen and oxygen atoms in total.